The normalized spacial score (nSPS) is 13.0. The second kappa shape index (κ2) is 6.62. The molecule has 0 bridgehead atoms. The van der Waals surface area contributed by atoms with Crippen LogP contribution in [0.1, 0.15) is 32.3 Å². The number of aromatic nitrogens is 2. The second-order valence-corrected chi connectivity index (χ2v) is 4.35. The Labute approximate surface area is 92.9 Å². The van der Waals surface area contributed by atoms with Gasteiger partial charge in [-0.3, -0.25) is 4.68 Å². The third-order valence-corrected chi connectivity index (χ3v) is 2.69. The number of rotatable bonds is 7. The predicted octanol–water partition coefficient (Wildman–Crippen LogP) is 2.22. The lowest BCUT2D eigenvalue weighted by atomic mass is 10.1. The maximum absolute atomic E-state index is 4.25. The minimum Gasteiger partial charge on any atom is -0.316 e. The summed E-state index contributed by atoms with van der Waals surface area (Å²) in [6.07, 6.45) is 6.41. The van der Waals surface area contributed by atoms with Crippen molar-refractivity contribution in [3.05, 3.63) is 18.0 Å². The molecule has 0 aliphatic heterocycles. The summed E-state index contributed by atoms with van der Waals surface area (Å²) >= 11 is 0. The van der Waals surface area contributed by atoms with E-state index in [1.165, 1.54) is 12.0 Å². The highest BCUT2D eigenvalue weighted by Crippen LogP contribution is 1.98. The Kier molecular flexibility index (Phi) is 5.40. The molecule has 0 aliphatic carbocycles. The zero-order chi connectivity index (χ0) is 11.1. The number of nitrogens with zero attached hydrogens (tertiary/aromatic N) is 2. The zero-order valence-corrected chi connectivity index (χ0v) is 10.2. The molecule has 1 rings (SSSR count). The SMILES string of the molecule is CCC(C)CNCCCn1cc(C)cn1. The number of hydrogen-bond donors (Lipinski definition) is 1. The Morgan fingerprint density at radius 3 is 2.93 bits per heavy atom. The van der Waals surface area contributed by atoms with Crippen LogP contribution < -0.4 is 5.32 Å². The molecular formula is C12H23N3. The molecule has 1 aromatic heterocycles. The van der Waals surface area contributed by atoms with E-state index in [0.717, 1.165) is 32.0 Å². The lowest BCUT2D eigenvalue weighted by Crippen LogP contribution is -2.22. The average molecular weight is 209 g/mol. The number of hydrogen-bond acceptors (Lipinski definition) is 2. The molecule has 15 heavy (non-hydrogen) atoms. The quantitative estimate of drug-likeness (QED) is 0.698. The maximum atomic E-state index is 4.25. The van der Waals surface area contributed by atoms with Crippen LogP contribution in [0.4, 0.5) is 0 Å². The van der Waals surface area contributed by atoms with E-state index in [9.17, 15) is 0 Å². The summed E-state index contributed by atoms with van der Waals surface area (Å²) in [7, 11) is 0. The van der Waals surface area contributed by atoms with Gasteiger partial charge in [0.1, 0.15) is 0 Å². The van der Waals surface area contributed by atoms with Crippen LogP contribution >= 0.6 is 0 Å². The molecule has 1 unspecified atom stereocenters. The summed E-state index contributed by atoms with van der Waals surface area (Å²) in [6, 6.07) is 0. The third kappa shape index (κ3) is 4.98. The molecule has 1 atom stereocenters. The summed E-state index contributed by atoms with van der Waals surface area (Å²) in [5, 5.41) is 7.73. The predicted molar refractivity (Wildman–Crippen MR) is 63.9 cm³/mol. The van der Waals surface area contributed by atoms with Crippen molar-refractivity contribution >= 4 is 0 Å². The van der Waals surface area contributed by atoms with Crippen LogP contribution in [-0.4, -0.2) is 22.9 Å². The molecular weight excluding hydrogens is 186 g/mol. The molecule has 3 nitrogen and oxygen atoms in total. The first-order chi connectivity index (χ1) is 7.22. The van der Waals surface area contributed by atoms with Gasteiger partial charge in [0.05, 0.1) is 6.20 Å². The summed E-state index contributed by atoms with van der Waals surface area (Å²) < 4.78 is 2.01. The van der Waals surface area contributed by atoms with Crippen LogP contribution in [0, 0.1) is 12.8 Å². The minimum atomic E-state index is 0.789. The van der Waals surface area contributed by atoms with Gasteiger partial charge in [0, 0.05) is 12.7 Å². The molecule has 0 aliphatic rings. The largest absolute Gasteiger partial charge is 0.316 e. The second-order valence-electron chi connectivity index (χ2n) is 4.35. The molecule has 0 fully saturated rings. The summed E-state index contributed by atoms with van der Waals surface area (Å²) in [4.78, 5) is 0. The standard InChI is InChI=1S/C12H23N3/c1-4-11(2)8-13-6-5-7-15-10-12(3)9-14-15/h9-11,13H,4-8H2,1-3H3. The average Bonchev–Trinajstić information content (AvgIpc) is 2.63. The van der Waals surface area contributed by atoms with E-state index in [-0.39, 0.29) is 0 Å². The van der Waals surface area contributed by atoms with E-state index >= 15 is 0 Å². The van der Waals surface area contributed by atoms with E-state index in [0.29, 0.717) is 0 Å². The maximum Gasteiger partial charge on any atom is 0.0518 e. The fourth-order valence-corrected chi connectivity index (χ4v) is 1.45. The van der Waals surface area contributed by atoms with Gasteiger partial charge < -0.3 is 5.32 Å². The molecule has 0 aromatic carbocycles. The van der Waals surface area contributed by atoms with Crippen molar-refractivity contribution in [2.45, 2.75) is 40.2 Å². The van der Waals surface area contributed by atoms with Gasteiger partial charge in [0.15, 0.2) is 0 Å². The Balaban J connectivity index is 2.02. The van der Waals surface area contributed by atoms with Crippen molar-refractivity contribution in [1.29, 1.82) is 0 Å². The molecule has 3 heteroatoms. The van der Waals surface area contributed by atoms with Gasteiger partial charge in [-0.05, 0) is 37.9 Å². The summed E-state index contributed by atoms with van der Waals surface area (Å²) in [5.41, 5.74) is 1.24. The van der Waals surface area contributed by atoms with Crippen LogP contribution in [0.3, 0.4) is 0 Å². The Hall–Kier alpha value is -0.830. The minimum absolute atomic E-state index is 0.789. The van der Waals surface area contributed by atoms with Crippen LogP contribution in [0.2, 0.25) is 0 Å². The molecule has 1 aromatic rings. The molecule has 0 saturated carbocycles. The van der Waals surface area contributed by atoms with Gasteiger partial charge in [-0.1, -0.05) is 20.3 Å². The van der Waals surface area contributed by atoms with Crippen molar-refractivity contribution < 1.29 is 0 Å². The van der Waals surface area contributed by atoms with Gasteiger partial charge in [-0.15, -0.1) is 0 Å². The first-order valence-corrected chi connectivity index (χ1v) is 5.92. The van der Waals surface area contributed by atoms with Crippen molar-refractivity contribution in [3.8, 4) is 0 Å². The van der Waals surface area contributed by atoms with E-state index in [4.69, 9.17) is 0 Å². The third-order valence-electron chi connectivity index (χ3n) is 2.69. The monoisotopic (exact) mass is 209 g/mol. The van der Waals surface area contributed by atoms with E-state index in [1.807, 2.05) is 10.9 Å². The Morgan fingerprint density at radius 2 is 2.33 bits per heavy atom. The fraction of sp³-hybridized carbons (Fsp3) is 0.750. The molecule has 0 saturated heterocycles. The number of nitrogens with one attached hydrogen (secondary N) is 1. The van der Waals surface area contributed by atoms with Crippen LogP contribution in [-0.2, 0) is 6.54 Å². The van der Waals surface area contributed by atoms with Gasteiger partial charge in [-0.2, -0.15) is 5.10 Å². The van der Waals surface area contributed by atoms with Crippen LogP contribution in [0.15, 0.2) is 12.4 Å². The van der Waals surface area contributed by atoms with Gasteiger partial charge in [-0.25, -0.2) is 0 Å². The molecule has 0 spiro atoms. The smallest absolute Gasteiger partial charge is 0.0518 e. The lowest BCUT2D eigenvalue weighted by molar-refractivity contribution is 0.477. The molecule has 0 radical (unpaired) electrons. The van der Waals surface area contributed by atoms with Gasteiger partial charge in [0.25, 0.3) is 0 Å². The number of aryl methyl sites for hydroxylation is 2. The Bertz CT molecular complexity index is 268. The van der Waals surface area contributed by atoms with E-state index in [2.05, 4.69) is 37.4 Å². The topological polar surface area (TPSA) is 29.9 Å². The first-order valence-electron chi connectivity index (χ1n) is 5.92. The fourth-order valence-electron chi connectivity index (χ4n) is 1.45. The molecule has 1 N–H and O–H groups in total. The van der Waals surface area contributed by atoms with Crippen molar-refractivity contribution in [2.75, 3.05) is 13.1 Å². The molecule has 86 valence electrons. The van der Waals surface area contributed by atoms with Crippen molar-refractivity contribution in [2.24, 2.45) is 5.92 Å². The highest BCUT2D eigenvalue weighted by atomic mass is 15.3. The highest BCUT2D eigenvalue weighted by Gasteiger charge is 1.97. The molecule has 1 heterocycles. The summed E-state index contributed by atoms with van der Waals surface area (Å²) in [6.45, 7) is 9.83. The lowest BCUT2D eigenvalue weighted by Gasteiger charge is -2.09. The van der Waals surface area contributed by atoms with Crippen molar-refractivity contribution in [1.82, 2.24) is 15.1 Å². The van der Waals surface area contributed by atoms with Crippen molar-refractivity contribution in [3.63, 3.8) is 0 Å². The summed E-state index contributed by atoms with van der Waals surface area (Å²) in [5.74, 6) is 0.789. The molecule has 0 amide bonds. The Morgan fingerprint density at radius 1 is 1.53 bits per heavy atom. The van der Waals surface area contributed by atoms with Gasteiger partial charge >= 0.3 is 0 Å². The van der Waals surface area contributed by atoms with Crippen LogP contribution in [0.5, 0.6) is 0 Å². The highest BCUT2D eigenvalue weighted by molar-refractivity contribution is 4.99. The van der Waals surface area contributed by atoms with E-state index < -0.39 is 0 Å². The van der Waals surface area contributed by atoms with Gasteiger partial charge in [0.2, 0.25) is 0 Å². The van der Waals surface area contributed by atoms with E-state index in [1.54, 1.807) is 0 Å². The zero-order valence-electron chi connectivity index (χ0n) is 10.2. The van der Waals surface area contributed by atoms with Crippen LogP contribution in [0.25, 0.3) is 0 Å². The first kappa shape index (κ1) is 12.2.